The smallest absolute Gasteiger partial charge is 0.255 e. The van der Waals surface area contributed by atoms with Crippen molar-refractivity contribution in [2.45, 2.75) is 37.1 Å². The summed E-state index contributed by atoms with van der Waals surface area (Å²) in [5.74, 6) is 0.446. The van der Waals surface area contributed by atoms with Crippen molar-refractivity contribution in [1.82, 2.24) is 10.6 Å². The molecule has 3 rings (SSSR count). The van der Waals surface area contributed by atoms with Crippen molar-refractivity contribution >= 4 is 22.8 Å². The molecule has 0 spiro atoms. The lowest BCUT2D eigenvalue weighted by Gasteiger charge is -2.41. The first-order valence-corrected chi connectivity index (χ1v) is 11.6. The van der Waals surface area contributed by atoms with E-state index in [0.29, 0.717) is 23.0 Å². The Hall–Kier alpha value is -2.98. The minimum absolute atomic E-state index is 0.126. The van der Waals surface area contributed by atoms with E-state index in [4.69, 9.17) is 10.00 Å². The first-order valence-electron chi connectivity index (χ1n) is 10.4. The van der Waals surface area contributed by atoms with Gasteiger partial charge in [0.05, 0.1) is 12.7 Å². The fourth-order valence-corrected chi connectivity index (χ4v) is 4.62. The molecule has 1 aliphatic carbocycles. The van der Waals surface area contributed by atoms with Crippen molar-refractivity contribution in [2.75, 3.05) is 19.9 Å². The summed E-state index contributed by atoms with van der Waals surface area (Å²) < 4.78 is 5.34. The van der Waals surface area contributed by atoms with E-state index in [1.807, 2.05) is 30.6 Å². The van der Waals surface area contributed by atoms with Gasteiger partial charge in [0.1, 0.15) is 5.75 Å². The molecule has 0 bridgehead atoms. The molecule has 0 saturated heterocycles. The number of para-hydroxylation sites is 1. The molecule has 2 aromatic rings. The van der Waals surface area contributed by atoms with E-state index in [-0.39, 0.29) is 17.4 Å². The SMILES string of the molecule is COc1ccccc1C(=O)NC[C@]1(c2ccccc2)CC[C@H](N/C(=N/C#N)SC)CC1. The van der Waals surface area contributed by atoms with E-state index < -0.39 is 0 Å². The molecule has 0 aromatic heterocycles. The predicted molar refractivity (Wildman–Crippen MR) is 125 cm³/mol. The van der Waals surface area contributed by atoms with Crippen LogP contribution in [0, 0.1) is 11.5 Å². The number of hydrogen-bond acceptors (Lipinski definition) is 5. The second kappa shape index (κ2) is 10.9. The highest BCUT2D eigenvalue weighted by Gasteiger charge is 2.37. The molecule has 162 valence electrons. The summed E-state index contributed by atoms with van der Waals surface area (Å²) in [6.45, 7) is 0.558. The van der Waals surface area contributed by atoms with E-state index in [2.05, 4.69) is 39.9 Å². The predicted octanol–water partition coefficient (Wildman–Crippen LogP) is 4.10. The Kier molecular flexibility index (Phi) is 7.96. The second-order valence-electron chi connectivity index (χ2n) is 7.67. The van der Waals surface area contributed by atoms with Crippen molar-refractivity contribution < 1.29 is 9.53 Å². The Labute approximate surface area is 188 Å². The lowest BCUT2D eigenvalue weighted by Crippen LogP contribution is -2.47. The van der Waals surface area contributed by atoms with Gasteiger partial charge in [-0.15, -0.1) is 4.99 Å². The summed E-state index contributed by atoms with van der Waals surface area (Å²) in [6, 6.07) is 17.9. The lowest BCUT2D eigenvalue weighted by molar-refractivity contribution is 0.0932. The third kappa shape index (κ3) is 5.59. The molecular weight excluding hydrogens is 408 g/mol. The van der Waals surface area contributed by atoms with Gasteiger partial charge in [0.15, 0.2) is 5.17 Å². The van der Waals surface area contributed by atoms with Gasteiger partial charge in [-0.25, -0.2) is 0 Å². The number of nitrogens with one attached hydrogen (secondary N) is 2. The molecule has 1 saturated carbocycles. The van der Waals surface area contributed by atoms with Gasteiger partial charge in [0, 0.05) is 18.0 Å². The number of amides is 1. The minimum atomic E-state index is -0.136. The van der Waals surface area contributed by atoms with E-state index in [0.717, 1.165) is 25.7 Å². The summed E-state index contributed by atoms with van der Waals surface area (Å²) >= 11 is 1.45. The minimum Gasteiger partial charge on any atom is -0.496 e. The van der Waals surface area contributed by atoms with Crippen LogP contribution in [0.3, 0.4) is 0 Å². The van der Waals surface area contributed by atoms with Crippen LogP contribution in [0.5, 0.6) is 5.75 Å². The maximum absolute atomic E-state index is 12.9. The van der Waals surface area contributed by atoms with Gasteiger partial charge in [-0.3, -0.25) is 4.79 Å². The molecule has 2 aromatic carbocycles. The molecule has 0 radical (unpaired) electrons. The molecule has 7 heteroatoms. The largest absolute Gasteiger partial charge is 0.496 e. The number of aliphatic imine (C=N–C) groups is 1. The topological polar surface area (TPSA) is 86.5 Å². The summed E-state index contributed by atoms with van der Waals surface area (Å²) in [7, 11) is 1.57. The van der Waals surface area contributed by atoms with Gasteiger partial charge in [-0.1, -0.05) is 54.2 Å². The first-order chi connectivity index (χ1) is 15.1. The summed E-state index contributed by atoms with van der Waals surface area (Å²) in [4.78, 5) is 16.8. The number of carbonyl (C=O) groups is 1. The van der Waals surface area contributed by atoms with Crippen molar-refractivity contribution in [3.05, 3.63) is 65.7 Å². The molecule has 1 fully saturated rings. The molecule has 0 unspecified atom stereocenters. The molecular formula is C24H28N4O2S. The first kappa shape index (κ1) is 22.7. The van der Waals surface area contributed by atoms with Crippen molar-refractivity contribution in [3.63, 3.8) is 0 Å². The molecule has 31 heavy (non-hydrogen) atoms. The van der Waals surface area contributed by atoms with E-state index in [1.54, 1.807) is 19.2 Å². The van der Waals surface area contributed by atoms with Gasteiger partial charge < -0.3 is 15.4 Å². The van der Waals surface area contributed by atoms with Crippen LogP contribution in [0.1, 0.15) is 41.6 Å². The third-order valence-corrected chi connectivity index (χ3v) is 6.54. The van der Waals surface area contributed by atoms with Crippen LogP contribution in [-0.2, 0) is 5.41 Å². The average Bonchev–Trinajstić information content (AvgIpc) is 2.83. The van der Waals surface area contributed by atoms with Gasteiger partial charge in [-0.2, -0.15) is 5.26 Å². The number of nitrogens with zero attached hydrogens (tertiary/aromatic N) is 2. The number of ether oxygens (including phenoxy) is 1. The zero-order chi connectivity index (χ0) is 22.1. The molecule has 0 atom stereocenters. The Morgan fingerprint density at radius 1 is 1.19 bits per heavy atom. The number of methoxy groups -OCH3 is 1. The monoisotopic (exact) mass is 436 g/mol. The molecule has 6 nitrogen and oxygen atoms in total. The molecule has 0 heterocycles. The highest BCUT2D eigenvalue weighted by Crippen LogP contribution is 2.39. The summed E-state index contributed by atoms with van der Waals surface area (Å²) in [6.07, 6.45) is 7.49. The number of rotatable bonds is 6. The number of thioether (sulfide) groups is 1. The molecule has 0 aliphatic heterocycles. The standard InChI is InChI=1S/C24H28N4O2S/c1-30-21-11-7-6-10-20(21)22(29)26-16-24(18-8-4-3-5-9-18)14-12-19(13-15-24)28-23(31-2)27-17-25/h3-11,19H,12-16H2,1-2H3,(H,26,29)(H,27,28)/t19-,24-. The van der Waals surface area contributed by atoms with Crippen LogP contribution < -0.4 is 15.4 Å². The second-order valence-corrected chi connectivity index (χ2v) is 8.46. The lowest BCUT2D eigenvalue weighted by atomic mass is 9.68. The van der Waals surface area contributed by atoms with Gasteiger partial charge in [-0.05, 0) is 49.6 Å². The molecule has 2 N–H and O–H groups in total. The zero-order valence-electron chi connectivity index (χ0n) is 17.9. The van der Waals surface area contributed by atoms with Crippen molar-refractivity contribution in [3.8, 4) is 11.9 Å². The number of hydrogen-bond donors (Lipinski definition) is 2. The number of nitriles is 1. The van der Waals surface area contributed by atoms with Gasteiger partial charge >= 0.3 is 0 Å². The summed E-state index contributed by atoms with van der Waals surface area (Å²) in [5, 5.41) is 16.0. The number of benzene rings is 2. The third-order valence-electron chi connectivity index (χ3n) is 5.94. The van der Waals surface area contributed by atoms with Crippen molar-refractivity contribution in [2.24, 2.45) is 4.99 Å². The van der Waals surface area contributed by atoms with E-state index in [1.165, 1.54) is 17.3 Å². The Morgan fingerprint density at radius 3 is 2.52 bits per heavy atom. The van der Waals surface area contributed by atoms with E-state index >= 15 is 0 Å². The number of carbonyl (C=O) groups excluding carboxylic acids is 1. The fourth-order valence-electron chi connectivity index (χ4n) is 4.21. The van der Waals surface area contributed by atoms with Crippen LogP contribution in [0.15, 0.2) is 59.6 Å². The van der Waals surface area contributed by atoms with Gasteiger partial charge in [0.2, 0.25) is 6.19 Å². The van der Waals surface area contributed by atoms with Crippen LogP contribution in [0.2, 0.25) is 0 Å². The van der Waals surface area contributed by atoms with Gasteiger partial charge in [0.25, 0.3) is 5.91 Å². The van der Waals surface area contributed by atoms with Crippen LogP contribution in [0.25, 0.3) is 0 Å². The zero-order valence-corrected chi connectivity index (χ0v) is 18.7. The Morgan fingerprint density at radius 2 is 1.87 bits per heavy atom. The summed E-state index contributed by atoms with van der Waals surface area (Å²) in [5.41, 5.74) is 1.65. The molecule has 1 amide bonds. The fraction of sp³-hybridized carbons (Fsp3) is 0.375. The Bertz CT molecular complexity index is 948. The molecule has 1 aliphatic rings. The van der Waals surface area contributed by atoms with Crippen LogP contribution in [-0.4, -0.2) is 37.0 Å². The van der Waals surface area contributed by atoms with Crippen LogP contribution in [0.4, 0.5) is 0 Å². The highest BCUT2D eigenvalue weighted by molar-refractivity contribution is 8.13. The van der Waals surface area contributed by atoms with Crippen LogP contribution >= 0.6 is 11.8 Å². The van der Waals surface area contributed by atoms with Crippen molar-refractivity contribution in [1.29, 1.82) is 5.26 Å². The quantitative estimate of drug-likeness (QED) is 0.405. The number of amidine groups is 1. The highest BCUT2D eigenvalue weighted by atomic mass is 32.2. The average molecular weight is 437 g/mol. The maximum Gasteiger partial charge on any atom is 0.255 e. The maximum atomic E-state index is 12.9. The Balaban J connectivity index is 1.74. The normalized spacial score (nSPS) is 21.1. The van der Waals surface area contributed by atoms with E-state index in [9.17, 15) is 4.79 Å².